The first kappa shape index (κ1) is 18.5. The zero-order valence-electron chi connectivity index (χ0n) is 15.0. The first-order valence-corrected chi connectivity index (χ1v) is 9.05. The molecule has 0 amide bonds. The summed E-state index contributed by atoms with van der Waals surface area (Å²) in [6.45, 7) is 0. The summed E-state index contributed by atoms with van der Waals surface area (Å²) in [7, 11) is 0. The Hall–Kier alpha value is -3.83. The Morgan fingerprint density at radius 2 is 1.83 bits per heavy atom. The maximum absolute atomic E-state index is 12.1. The van der Waals surface area contributed by atoms with Crippen molar-refractivity contribution in [2.45, 2.75) is 6.04 Å². The molecule has 0 saturated carbocycles. The third-order valence-electron chi connectivity index (χ3n) is 4.50. The molecule has 0 aromatic heterocycles. The molecule has 0 fully saturated rings. The van der Waals surface area contributed by atoms with Gasteiger partial charge >= 0.3 is 5.97 Å². The number of benzene rings is 2. The highest BCUT2D eigenvalue weighted by Gasteiger charge is 2.42. The van der Waals surface area contributed by atoms with Crippen molar-refractivity contribution in [3.8, 4) is 6.07 Å². The molecule has 0 radical (unpaired) electrons. The zero-order chi connectivity index (χ0) is 20.4. The van der Waals surface area contributed by atoms with E-state index in [4.69, 9.17) is 22.1 Å². The highest BCUT2D eigenvalue weighted by Crippen LogP contribution is 2.37. The van der Waals surface area contributed by atoms with Gasteiger partial charge in [-0.15, -0.1) is 0 Å². The van der Waals surface area contributed by atoms with Gasteiger partial charge in [-0.3, -0.25) is 10.9 Å². The summed E-state index contributed by atoms with van der Waals surface area (Å²) < 4.78 is 5.30. The van der Waals surface area contributed by atoms with Crippen molar-refractivity contribution >= 4 is 35.1 Å². The number of ether oxygens (including phenoxy) is 1. The fraction of sp³-hybridized carbons (Fsp3) is 0.100. The summed E-state index contributed by atoms with van der Waals surface area (Å²) >= 11 is 6.00. The average Bonchev–Trinajstić information content (AvgIpc) is 2.73. The second kappa shape index (κ2) is 7.66. The molecule has 2 aliphatic rings. The summed E-state index contributed by atoms with van der Waals surface area (Å²) in [5.41, 5.74) is 13.5. The van der Waals surface area contributed by atoms with Gasteiger partial charge in [0, 0.05) is 10.7 Å². The van der Waals surface area contributed by atoms with Gasteiger partial charge in [0.15, 0.2) is 5.57 Å². The molecule has 2 atom stereocenters. The molecule has 29 heavy (non-hydrogen) atoms. The second-order valence-corrected chi connectivity index (χ2v) is 6.76. The number of nitriles is 1. The van der Waals surface area contributed by atoms with Crippen LogP contribution in [0.3, 0.4) is 0 Å². The molecule has 0 spiro atoms. The van der Waals surface area contributed by atoms with Crippen LogP contribution in [0.4, 0.5) is 5.69 Å². The van der Waals surface area contributed by atoms with E-state index in [9.17, 15) is 10.1 Å². The van der Waals surface area contributed by atoms with Crippen LogP contribution in [0.2, 0.25) is 5.02 Å². The summed E-state index contributed by atoms with van der Waals surface area (Å²) in [4.78, 5) is 21.0. The van der Waals surface area contributed by atoms with E-state index in [2.05, 4.69) is 20.8 Å². The van der Waals surface area contributed by atoms with Crippen LogP contribution in [0.25, 0.3) is 0 Å². The number of hydrogen-bond donors (Lipinski definition) is 3. The van der Waals surface area contributed by atoms with Gasteiger partial charge in [-0.2, -0.15) is 10.3 Å². The third kappa shape index (κ3) is 3.63. The summed E-state index contributed by atoms with van der Waals surface area (Å²) in [6.07, 6.45) is 0. The predicted octanol–water partition coefficient (Wildman–Crippen LogP) is 2.68. The number of nitrogens with zero attached hydrogens (tertiary/aromatic N) is 3. The van der Waals surface area contributed by atoms with Crippen molar-refractivity contribution in [1.82, 2.24) is 5.43 Å². The number of aliphatic imine (C=N–C) groups is 2. The summed E-state index contributed by atoms with van der Waals surface area (Å²) in [6, 6.07) is 17.7. The number of esters is 1. The summed E-state index contributed by atoms with van der Waals surface area (Å²) in [5, 5.41) is 9.85. The molecule has 4 rings (SSSR count). The number of anilines is 1. The number of nitrogens with one attached hydrogen (secondary N) is 2. The molecule has 0 saturated heterocycles. The van der Waals surface area contributed by atoms with Crippen molar-refractivity contribution in [2.24, 2.45) is 21.6 Å². The Balaban J connectivity index is 1.72. The van der Waals surface area contributed by atoms with E-state index < -0.39 is 17.9 Å². The van der Waals surface area contributed by atoms with Gasteiger partial charge < -0.3 is 10.5 Å². The fourth-order valence-corrected chi connectivity index (χ4v) is 3.23. The molecule has 2 unspecified atom stereocenters. The number of rotatable bonds is 3. The molecule has 2 aromatic rings. The van der Waals surface area contributed by atoms with E-state index >= 15 is 0 Å². The minimum absolute atomic E-state index is 0.0822. The van der Waals surface area contributed by atoms with E-state index in [0.29, 0.717) is 5.02 Å². The molecule has 0 aliphatic carbocycles. The van der Waals surface area contributed by atoms with Crippen LogP contribution < -0.4 is 16.6 Å². The van der Waals surface area contributed by atoms with E-state index in [1.165, 1.54) is 0 Å². The highest BCUT2D eigenvalue weighted by molar-refractivity contribution is 6.30. The number of hydrazine groups is 1. The van der Waals surface area contributed by atoms with Gasteiger partial charge in [0.05, 0.1) is 11.7 Å². The Labute approximate surface area is 171 Å². The third-order valence-corrected chi connectivity index (χ3v) is 4.75. The van der Waals surface area contributed by atoms with Crippen molar-refractivity contribution in [3.63, 3.8) is 0 Å². The first-order chi connectivity index (χ1) is 14.1. The van der Waals surface area contributed by atoms with Gasteiger partial charge in [-0.25, -0.2) is 9.79 Å². The molecule has 2 aromatic carbocycles. The smallest absolute Gasteiger partial charge is 0.357 e. The number of hydrogen-bond acceptors (Lipinski definition) is 8. The SMILES string of the molecule is N#CC1=C(N)C2C(=NC(NNc3ccccc3)=NC2c2ccc(Cl)cc2)OC1=O. The highest BCUT2D eigenvalue weighted by atomic mass is 35.5. The normalized spacial score (nSPS) is 20.6. The minimum atomic E-state index is -0.827. The van der Waals surface area contributed by atoms with Crippen molar-refractivity contribution in [3.05, 3.63) is 76.5 Å². The van der Waals surface area contributed by atoms with Crippen LogP contribution in [0.5, 0.6) is 0 Å². The molecular formula is C20H15ClN6O2. The Kier molecular flexibility index (Phi) is 4.89. The molecule has 0 bridgehead atoms. The van der Waals surface area contributed by atoms with E-state index in [0.717, 1.165) is 11.3 Å². The Morgan fingerprint density at radius 3 is 2.52 bits per heavy atom. The maximum Gasteiger partial charge on any atom is 0.357 e. The van der Waals surface area contributed by atoms with E-state index in [1.54, 1.807) is 30.3 Å². The van der Waals surface area contributed by atoms with Crippen LogP contribution in [0.15, 0.2) is 75.9 Å². The number of para-hydroxylation sites is 1. The Bertz CT molecular complexity index is 1090. The number of guanidine groups is 1. The lowest BCUT2D eigenvalue weighted by Gasteiger charge is -2.32. The van der Waals surface area contributed by atoms with Gasteiger partial charge in [-0.05, 0) is 29.8 Å². The van der Waals surface area contributed by atoms with E-state index in [-0.39, 0.29) is 23.1 Å². The van der Waals surface area contributed by atoms with Crippen LogP contribution in [0, 0.1) is 17.2 Å². The number of fused-ring (bicyclic) bond motifs is 1. The molecule has 4 N–H and O–H groups in total. The quantitative estimate of drug-likeness (QED) is 0.531. The number of carbonyl (C=O) groups is 1. The maximum atomic E-state index is 12.1. The number of nitrogens with two attached hydrogens (primary N) is 1. The molecule has 144 valence electrons. The molecule has 2 aliphatic heterocycles. The van der Waals surface area contributed by atoms with Crippen molar-refractivity contribution < 1.29 is 9.53 Å². The van der Waals surface area contributed by atoms with Gasteiger partial charge in [-0.1, -0.05) is 41.9 Å². The van der Waals surface area contributed by atoms with Gasteiger partial charge in [0.2, 0.25) is 11.9 Å². The lowest BCUT2D eigenvalue weighted by atomic mass is 9.86. The molecule has 9 heteroatoms. The van der Waals surface area contributed by atoms with Crippen LogP contribution in [0.1, 0.15) is 11.6 Å². The van der Waals surface area contributed by atoms with Gasteiger partial charge in [0.1, 0.15) is 12.0 Å². The van der Waals surface area contributed by atoms with Crippen LogP contribution >= 0.6 is 11.6 Å². The monoisotopic (exact) mass is 406 g/mol. The average molecular weight is 407 g/mol. The minimum Gasteiger partial charge on any atom is -0.406 e. The van der Waals surface area contributed by atoms with Crippen molar-refractivity contribution in [2.75, 3.05) is 5.43 Å². The largest absolute Gasteiger partial charge is 0.406 e. The molecule has 8 nitrogen and oxygen atoms in total. The lowest BCUT2D eigenvalue weighted by Crippen LogP contribution is -2.42. The number of halogens is 1. The molecular weight excluding hydrogens is 392 g/mol. The standard InChI is InChI=1S/C20H15ClN6O2/c21-12-8-6-11(7-9-12)17-15-16(23)14(10-22)19(28)29-18(15)25-20(24-17)27-26-13-4-2-1-3-5-13/h1-9,15,17,26H,23H2,(H,24,27). The Morgan fingerprint density at radius 1 is 1.10 bits per heavy atom. The number of carbonyl (C=O) groups excluding carboxylic acids is 1. The van der Waals surface area contributed by atoms with E-state index in [1.807, 2.05) is 30.3 Å². The van der Waals surface area contributed by atoms with Crippen molar-refractivity contribution in [1.29, 1.82) is 5.26 Å². The van der Waals surface area contributed by atoms with Crippen LogP contribution in [-0.4, -0.2) is 17.8 Å². The first-order valence-electron chi connectivity index (χ1n) is 8.67. The predicted molar refractivity (Wildman–Crippen MR) is 109 cm³/mol. The topological polar surface area (TPSA) is 125 Å². The zero-order valence-corrected chi connectivity index (χ0v) is 15.7. The second-order valence-electron chi connectivity index (χ2n) is 6.32. The fourth-order valence-electron chi connectivity index (χ4n) is 3.10. The van der Waals surface area contributed by atoms with Crippen LogP contribution in [-0.2, 0) is 9.53 Å². The molecule has 2 heterocycles. The van der Waals surface area contributed by atoms with Gasteiger partial charge in [0.25, 0.3) is 0 Å². The summed E-state index contributed by atoms with van der Waals surface area (Å²) in [5.74, 6) is -1.21. The lowest BCUT2D eigenvalue weighted by molar-refractivity contribution is -0.131.